The summed E-state index contributed by atoms with van der Waals surface area (Å²) in [7, 11) is 0. The fourth-order valence-electron chi connectivity index (χ4n) is 2.03. The van der Waals surface area contributed by atoms with E-state index in [1.165, 1.54) is 6.07 Å². The molecule has 0 saturated carbocycles. The summed E-state index contributed by atoms with van der Waals surface area (Å²) in [5.74, 6) is -2.79. The molecule has 0 atom stereocenters. The molecule has 8 heteroatoms. The first-order valence-corrected chi connectivity index (χ1v) is 8.25. The third-order valence-corrected chi connectivity index (χ3v) is 4.43. The highest BCUT2D eigenvalue weighted by atomic mass is 35.5. The molecule has 0 unspecified atom stereocenters. The summed E-state index contributed by atoms with van der Waals surface area (Å²) in [4.78, 5) is 16.3. The summed E-state index contributed by atoms with van der Waals surface area (Å²) < 4.78 is 27.2. The van der Waals surface area contributed by atoms with Crippen LogP contribution in [-0.2, 0) is 0 Å². The SMILES string of the molecule is O=C(Nc1nc(-c2ccc(Cl)cc2Cl)cs1)c1c(F)cccc1F. The van der Waals surface area contributed by atoms with Crippen LogP contribution in [0.1, 0.15) is 10.4 Å². The molecule has 0 aliphatic rings. The summed E-state index contributed by atoms with van der Waals surface area (Å²) in [6.07, 6.45) is 0. The summed E-state index contributed by atoms with van der Waals surface area (Å²) in [6.45, 7) is 0. The van der Waals surface area contributed by atoms with Gasteiger partial charge in [0, 0.05) is 16.0 Å². The molecule has 122 valence electrons. The van der Waals surface area contributed by atoms with E-state index < -0.39 is 23.1 Å². The van der Waals surface area contributed by atoms with Gasteiger partial charge in [-0.1, -0.05) is 29.3 Å². The van der Waals surface area contributed by atoms with Gasteiger partial charge in [-0.05, 0) is 30.3 Å². The predicted octanol–water partition coefficient (Wildman–Crippen LogP) is 5.65. The number of thiazole rings is 1. The summed E-state index contributed by atoms with van der Waals surface area (Å²) >= 11 is 13.1. The Hall–Kier alpha value is -2.02. The van der Waals surface area contributed by atoms with Crippen molar-refractivity contribution < 1.29 is 13.6 Å². The number of carbonyl (C=O) groups is 1. The average molecular weight is 385 g/mol. The number of halogens is 4. The van der Waals surface area contributed by atoms with Crippen molar-refractivity contribution in [1.29, 1.82) is 0 Å². The smallest absolute Gasteiger partial charge is 0.263 e. The molecule has 0 aliphatic heterocycles. The van der Waals surface area contributed by atoms with E-state index in [2.05, 4.69) is 10.3 Å². The second-order valence-electron chi connectivity index (χ2n) is 4.71. The van der Waals surface area contributed by atoms with E-state index in [0.29, 0.717) is 21.3 Å². The van der Waals surface area contributed by atoms with Crippen molar-refractivity contribution in [2.75, 3.05) is 5.32 Å². The van der Waals surface area contributed by atoms with Crippen LogP contribution in [0.5, 0.6) is 0 Å². The normalized spacial score (nSPS) is 10.7. The van der Waals surface area contributed by atoms with Gasteiger partial charge < -0.3 is 0 Å². The van der Waals surface area contributed by atoms with E-state index in [0.717, 1.165) is 23.5 Å². The molecule has 0 spiro atoms. The van der Waals surface area contributed by atoms with Gasteiger partial charge in [-0.15, -0.1) is 11.3 Å². The molecule has 24 heavy (non-hydrogen) atoms. The Morgan fingerprint density at radius 1 is 1.12 bits per heavy atom. The molecule has 0 saturated heterocycles. The van der Waals surface area contributed by atoms with Gasteiger partial charge in [0.2, 0.25) is 0 Å². The van der Waals surface area contributed by atoms with Gasteiger partial charge >= 0.3 is 0 Å². The molecule has 1 heterocycles. The molecule has 1 N–H and O–H groups in total. The third kappa shape index (κ3) is 3.40. The molecule has 1 amide bonds. The van der Waals surface area contributed by atoms with Gasteiger partial charge in [0.25, 0.3) is 5.91 Å². The van der Waals surface area contributed by atoms with E-state index in [4.69, 9.17) is 23.2 Å². The van der Waals surface area contributed by atoms with Crippen molar-refractivity contribution in [3.63, 3.8) is 0 Å². The molecule has 3 aromatic rings. The number of hydrogen-bond donors (Lipinski definition) is 1. The zero-order chi connectivity index (χ0) is 17.3. The van der Waals surface area contributed by atoms with Gasteiger partial charge in [-0.3, -0.25) is 10.1 Å². The lowest BCUT2D eigenvalue weighted by Crippen LogP contribution is -2.15. The van der Waals surface area contributed by atoms with E-state index in [1.807, 2.05) is 0 Å². The van der Waals surface area contributed by atoms with Gasteiger partial charge in [0.1, 0.15) is 17.2 Å². The van der Waals surface area contributed by atoms with Crippen LogP contribution in [0.3, 0.4) is 0 Å². The standard InChI is InChI=1S/C16H8Cl2F2N2OS/c17-8-4-5-9(10(18)6-8)13-7-24-16(21-13)22-15(23)14-11(19)2-1-3-12(14)20/h1-7H,(H,21,22,23). The Kier molecular flexibility index (Phi) is 4.80. The van der Waals surface area contributed by atoms with Crippen molar-refractivity contribution >= 4 is 45.6 Å². The number of rotatable bonds is 3. The Balaban J connectivity index is 1.85. The number of benzene rings is 2. The van der Waals surface area contributed by atoms with Crippen LogP contribution >= 0.6 is 34.5 Å². The summed E-state index contributed by atoms with van der Waals surface area (Å²) in [5.41, 5.74) is 0.500. The van der Waals surface area contributed by atoms with Crippen LogP contribution in [0, 0.1) is 11.6 Å². The number of carbonyl (C=O) groups excluding carboxylic acids is 1. The van der Waals surface area contributed by atoms with Crippen molar-refractivity contribution in [2.45, 2.75) is 0 Å². The number of hydrogen-bond acceptors (Lipinski definition) is 3. The maximum atomic E-state index is 13.6. The molecule has 1 aromatic heterocycles. The molecular formula is C16H8Cl2F2N2OS. The number of aromatic nitrogens is 1. The van der Waals surface area contributed by atoms with Crippen LogP contribution < -0.4 is 5.32 Å². The minimum Gasteiger partial charge on any atom is -0.298 e. The first-order valence-electron chi connectivity index (χ1n) is 6.62. The molecule has 0 aliphatic carbocycles. The molecular weight excluding hydrogens is 377 g/mol. The highest BCUT2D eigenvalue weighted by Crippen LogP contribution is 2.32. The monoisotopic (exact) mass is 384 g/mol. The minimum absolute atomic E-state index is 0.198. The minimum atomic E-state index is -0.940. The van der Waals surface area contributed by atoms with E-state index >= 15 is 0 Å². The Bertz CT molecular complexity index is 910. The fraction of sp³-hybridized carbons (Fsp3) is 0. The van der Waals surface area contributed by atoms with Crippen LogP contribution in [0.4, 0.5) is 13.9 Å². The van der Waals surface area contributed by atoms with Crippen LogP contribution in [-0.4, -0.2) is 10.9 Å². The van der Waals surface area contributed by atoms with E-state index in [9.17, 15) is 13.6 Å². The maximum absolute atomic E-state index is 13.6. The number of nitrogens with one attached hydrogen (secondary N) is 1. The lowest BCUT2D eigenvalue weighted by molar-refractivity contribution is 0.101. The second-order valence-corrected chi connectivity index (χ2v) is 6.41. The van der Waals surface area contributed by atoms with Crippen molar-refractivity contribution in [3.8, 4) is 11.3 Å². The molecule has 3 nitrogen and oxygen atoms in total. The van der Waals surface area contributed by atoms with Crippen LogP contribution in [0.15, 0.2) is 41.8 Å². The zero-order valence-corrected chi connectivity index (χ0v) is 14.1. The maximum Gasteiger partial charge on any atom is 0.263 e. The van der Waals surface area contributed by atoms with Gasteiger partial charge in [0.15, 0.2) is 5.13 Å². The lowest BCUT2D eigenvalue weighted by atomic mass is 10.2. The van der Waals surface area contributed by atoms with Crippen LogP contribution in [0.2, 0.25) is 10.0 Å². The topological polar surface area (TPSA) is 42.0 Å². The van der Waals surface area contributed by atoms with Gasteiger partial charge in [0.05, 0.1) is 10.7 Å². The van der Waals surface area contributed by atoms with Gasteiger partial charge in [-0.2, -0.15) is 0 Å². The average Bonchev–Trinajstić information content (AvgIpc) is 2.95. The highest BCUT2D eigenvalue weighted by Gasteiger charge is 2.18. The van der Waals surface area contributed by atoms with Gasteiger partial charge in [-0.25, -0.2) is 13.8 Å². The third-order valence-electron chi connectivity index (χ3n) is 3.12. The second kappa shape index (κ2) is 6.84. The number of anilines is 1. The first kappa shape index (κ1) is 16.8. The van der Waals surface area contributed by atoms with E-state index in [1.54, 1.807) is 23.6 Å². The van der Waals surface area contributed by atoms with Crippen molar-refractivity contribution in [1.82, 2.24) is 4.98 Å². The van der Waals surface area contributed by atoms with Crippen LogP contribution in [0.25, 0.3) is 11.3 Å². The number of amides is 1. The highest BCUT2D eigenvalue weighted by molar-refractivity contribution is 7.14. The summed E-state index contributed by atoms with van der Waals surface area (Å²) in [5, 5.41) is 5.14. The Morgan fingerprint density at radius 2 is 1.83 bits per heavy atom. The predicted molar refractivity (Wildman–Crippen MR) is 91.9 cm³/mol. The Labute approximate surface area is 149 Å². The van der Waals surface area contributed by atoms with E-state index in [-0.39, 0.29) is 5.13 Å². The molecule has 3 rings (SSSR count). The number of nitrogens with zero attached hydrogens (tertiary/aromatic N) is 1. The van der Waals surface area contributed by atoms with Crippen molar-refractivity contribution in [2.24, 2.45) is 0 Å². The summed E-state index contributed by atoms with van der Waals surface area (Å²) in [6, 6.07) is 8.14. The first-order chi connectivity index (χ1) is 11.5. The molecule has 0 fully saturated rings. The largest absolute Gasteiger partial charge is 0.298 e. The zero-order valence-electron chi connectivity index (χ0n) is 11.8. The Morgan fingerprint density at radius 3 is 2.50 bits per heavy atom. The molecule has 0 radical (unpaired) electrons. The lowest BCUT2D eigenvalue weighted by Gasteiger charge is -2.04. The molecule has 2 aromatic carbocycles. The fourth-order valence-corrected chi connectivity index (χ4v) is 3.24. The molecule has 0 bridgehead atoms. The quantitative estimate of drug-likeness (QED) is 0.633. The van der Waals surface area contributed by atoms with Crippen molar-refractivity contribution in [3.05, 3.63) is 69.0 Å².